The van der Waals surface area contributed by atoms with Crippen molar-refractivity contribution in [2.24, 2.45) is 10.8 Å². The van der Waals surface area contributed by atoms with Crippen LogP contribution in [0.1, 0.15) is 50.6 Å². The Morgan fingerprint density at radius 3 is 1.46 bits per heavy atom. The number of rotatable bonds is 8. The molecule has 0 saturated heterocycles. The molecule has 0 radical (unpaired) electrons. The summed E-state index contributed by atoms with van der Waals surface area (Å²) < 4.78 is 9.69. The average Bonchev–Trinajstić information content (AvgIpc) is 3.14. The van der Waals surface area contributed by atoms with Gasteiger partial charge in [0.05, 0.1) is 35.1 Å². The van der Waals surface area contributed by atoms with E-state index in [4.69, 9.17) is 9.47 Å². The summed E-state index contributed by atoms with van der Waals surface area (Å²) in [6.07, 6.45) is 2.81. The Morgan fingerprint density at radius 1 is 0.808 bits per heavy atom. The summed E-state index contributed by atoms with van der Waals surface area (Å²) in [5.74, 6) is -0.408. The molecule has 2 aromatic rings. The number of esters is 2. The lowest BCUT2D eigenvalue weighted by molar-refractivity contribution is -0.151. The Hall–Kier alpha value is -1.54. The first kappa shape index (κ1) is 20.8. The van der Waals surface area contributed by atoms with Crippen LogP contribution < -0.4 is 0 Å². The minimum absolute atomic E-state index is 0.204. The second-order valence-corrected chi connectivity index (χ2v) is 9.70. The zero-order valence-corrected chi connectivity index (χ0v) is 17.8. The molecule has 6 nitrogen and oxygen atoms in total. The molecule has 0 bridgehead atoms. The molecule has 0 aliphatic rings. The summed E-state index contributed by atoms with van der Waals surface area (Å²) in [5, 5.41) is 1.97. The third-order valence-corrected chi connectivity index (χ3v) is 6.62. The van der Waals surface area contributed by atoms with Gasteiger partial charge in [0, 0.05) is 12.8 Å². The summed E-state index contributed by atoms with van der Waals surface area (Å²) in [7, 11) is 2.83. The predicted molar refractivity (Wildman–Crippen MR) is 104 cm³/mol. The van der Waals surface area contributed by atoms with E-state index >= 15 is 0 Å². The molecule has 0 spiro atoms. The SMILES string of the molecule is COC(=O)C(C)(C)CCc1nc2sc(CCC(C)(C)C(=O)OC)nc2s1. The van der Waals surface area contributed by atoms with E-state index in [1.807, 2.05) is 27.7 Å². The van der Waals surface area contributed by atoms with Gasteiger partial charge in [-0.3, -0.25) is 9.59 Å². The molecular formula is C18H26N2O4S2. The van der Waals surface area contributed by atoms with Crippen molar-refractivity contribution in [1.29, 1.82) is 0 Å². The number of carbonyl (C=O) groups is 2. The van der Waals surface area contributed by atoms with Gasteiger partial charge in [0.25, 0.3) is 0 Å². The maximum atomic E-state index is 11.8. The number of aryl methyl sites for hydroxylation is 2. The molecule has 144 valence electrons. The lowest BCUT2D eigenvalue weighted by atomic mass is 9.88. The predicted octanol–water partition coefficient (Wildman–Crippen LogP) is 4.02. The number of aromatic nitrogens is 2. The van der Waals surface area contributed by atoms with Gasteiger partial charge in [-0.15, -0.1) is 0 Å². The van der Waals surface area contributed by atoms with Gasteiger partial charge in [0.2, 0.25) is 0 Å². The molecule has 0 aromatic carbocycles. The third-order valence-electron chi connectivity index (χ3n) is 4.47. The summed E-state index contributed by atoms with van der Waals surface area (Å²) in [5.41, 5.74) is -1.04. The molecule has 0 aliphatic heterocycles. The van der Waals surface area contributed by atoms with Gasteiger partial charge in [-0.25, -0.2) is 9.97 Å². The maximum absolute atomic E-state index is 11.8. The molecular weight excluding hydrogens is 372 g/mol. The van der Waals surface area contributed by atoms with Crippen LogP contribution in [0.15, 0.2) is 0 Å². The van der Waals surface area contributed by atoms with E-state index in [-0.39, 0.29) is 11.9 Å². The number of nitrogens with zero attached hydrogens (tertiary/aromatic N) is 2. The summed E-state index contributed by atoms with van der Waals surface area (Å²) in [4.78, 5) is 34.7. The number of methoxy groups -OCH3 is 2. The van der Waals surface area contributed by atoms with E-state index in [1.54, 1.807) is 22.7 Å². The fraction of sp³-hybridized carbons (Fsp3) is 0.667. The molecule has 26 heavy (non-hydrogen) atoms. The largest absolute Gasteiger partial charge is 0.469 e. The van der Waals surface area contributed by atoms with Crippen LogP contribution in [0.4, 0.5) is 0 Å². The first-order valence-corrected chi connectivity index (χ1v) is 10.1. The molecule has 2 rings (SSSR count). The van der Waals surface area contributed by atoms with E-state index < -0.39 is 10.8 Å². The van der Waals surface area contributed by atoms with Crippen molar-refractivity contribution in [3.8, 4) is 0 Å². The Morgan fingerprint density at radius 2 is 1.15 bits per heavy atom. The molecule has 0 fully saturated rings. The van der Waals surface area contributed by atoms with Gasteiger partial charge in [-0.2, -0.15) is 0 Å². The highest BCUT2D eigenvalue weighted by Gasteiger charge is 2.30. The Kier molecular flexibility index (Phi) is 6.39. The number of fused-ring (bicyclic) bond motifs is 1. The van der Waals surface area contributed by atoms with Crippen LogP contribution in [0.25, 0.3) is 9.66 Å². The molecule has 0 N–H and O–H groups in total. The fourth-order valence-electron chi connectivity index (χ4n) is 2.53. The van der Waals surface area contributed by atoms with E-state index in [9.17, 15) is 9.59 Å². The monoisotopic (exact) mass is 398 g/mol. The minimum atomic E-state index is -0.522. The Balaban J connectivity index is 1.99. The van der Waals surface area contributed by atoms with Crippen LogP contribution in [0, 0.1) is 10.8 Å². The number of thiazole rings is 2. The van der Waals surface area contributed by atoms with Crippen molar-refractivity contribution in [2.75, 3.05) is 14.2 Å². The zero-order chi connectivity index (χ0) is 19.5. The van der Waals surface area contributed by atoms with Crippen molar-refractivity contribution >= 4 is 44.3 Å². The van der Waals surface area contributed by atoms with Gasteiger partial charge in [0.1, 0.15) is 0 Å². The molecule has 0 unspecified atom stereocenters. The van der Waals surface area contributed by atoms with E-state index in [2.05, 4.69) is 9.97 Å². The van der Waals surface area contributed by atoms with Crippen molar-refractivity contribution in [3.05, 3.63) is 10.0 Å². The average molecular weight is 399 g/mol. The maximum Gasteiger partial charge on any atom is 0.311 e. The first-order valence-electron chi connectivity index (χ1n) is 8.51. The van der Waals surface area contributed by atoms with Gasteiger partial charge in [0.15, 0.2) is 9.66 Å². The van der Waals surface area contributed by atoms with E-state index in [1.165, 1.54) is 14.2 Å². The van der Waals surface area contributed by atoms with Crippen LogP contribution in [0.3, 0.4) is 0 Å². The van der Waals surface area contributed by atoms with E-state index in [0.29, 0.717) is 12.8 Å². The highest BCUT2D eigenvalue weighted by Crippen LogP contribution is 2.32. The standard InChI is InChI=1S/C18H26N2O4S2/c1-17(2,15(21)23-5)9-7-11-19-13-14(25-11)20-12(26-13)8-10-18(3,4)16(22)24-6/h7-10H2,1-6H3. The summed E-state index contributed by atoms with van der Waals surface area (Å²) >= 11 is 3.13. The molecule has 0 aliphatic carbocycles. The molecule has 0 amide bonds. The highest BCUT2D eigenvalue weighted by atomic mass is 32.1. The van der Waals surface area contributed by atoms with Gasteiger partial charge < -0.3 is 9.47 Å². The molecule has 8 heteroatoms. The van der Waals surface area contributed by atoms with Crippen molar-refractivity contribution in [2.45, 2.75) is 53.4 Å². The van der Waals surface area contributed by atoms with Gasteiger partial charge >= 0.3 is 11.9 Å². The molecule has 0 atom stereocenters. The lowest BCUT2D eigenvalue weighted by Crippen LogP contribution is -2.26. The summed E-state index contributed by atoms with van der Waals surface area (Å²) in [6.45, 7) is 7.53. The Bertz CT molecular complexity index is 699. The summed E-state index contributed by atoms with van der Waals surface area (Å²) in [6, 6.07) is 0. The number of ether oxygens (including phenoxy) is 2. The van der Waals surface area contributed by atoms with Gasteiger partial charge in [-0.05, 0) is 40.5 Å². The molecule has 0 saturated carbocycles. The quantitative estimate of drug-likeness (QED) is 0.625. The van der Waals surface area contributed by atoms with Crippen LogP contribution in [-0.2, 0) is 31.9 Å². The van der Waals surface area contributed by atoms with Crippen molar-refractivity contribution in [1.82, 2.24) is 9.97 Å². The topological polar surface area (TPSA) is 78.4 Å². The Labute approximate surface area is 161 Å². The third kappa shape index (κ3) is 4.79. The zero-order valence-electron chi connectivity index (χ0n) is 16.2. The van der Waals surface area contributed by atoms with Crippen LogP contribution in [0.2, 0.25) is 0 Å². The number of hydrogen-bond donors (Lipinski definition) is 0. The molecule has 2 aromatic heterocycles. The van der Waals surface area contributed by atoms with Crippen molar-refractivity contribution in [3.63, 3.8) is 0 Å². The number of hydrogen-bond acceptors (Lipinski definition) is 8. The van der Waals surface area contributed by atoms with Crippen LogP contribution >= 0.6 is 22.7 Å². The lowest BCUT2D eigenvalue weighted by Gasteiger charge is -2.20. The first-order chi connectivity index (χ1) is 12.1. The fourth-order valence-corrected chi connectivity index (χ4v) is 4.61. The van der Waals surface area contributed by atoms with Crippen LogP contribution in [0.5, 0.6) is 0 Å². The van der Waals surface area contributed by atoms with E-state index in [0.717, 1.165) is 32.5 Å². The normalized spacial score (nSPS) is 12.4. The van der Waals surface area contributed by atoms with Gasteiger partial charge in [-0.1, -0.05) is 22.7 Å². The smallest absolute Gasteiger partial charge is 0.311 e. The number of carbonyl (C=O) groups excluding carboxylic acids is 2. The van der Waals surface area contributed by atoms with Crippen molar-refractivity contribution < 1.29 is 19.1 Å². The van der Waals surface area contributed by atoms with Crippen LogP contribution in [-0.4, -0.2) is 36.1 Å². The second kappa shape index (κ2) is 8.00. The second-order valence-electron chi connectivity index (χ2n) is 7.58. The highest BCUT2D eigenvalue weighted by molar-refractivity contribution is 7.26. The minimum Gasteiger partial charge on any atom is -0.469 e. The molecule has 2 heterocycles.